The first kappa shape index (κ1) is 13.5. The molecular formula is C15H14F3N. The third kappa shape index (κ3) is 2.89. The van der Waals surface area contributed by atoms with Gasteiger partial charge in [-0.15, -0.1) is 13.2 Å². The van der Waals surface area contributed by atoms with Crippen molar-refractivity contribution in [3.63, 3.8) is 0 Å². The number of nitrogens with zero attached hydrogens (tertiary/aromatic N) is 1. The molecule has 0 aromatic heterocycles. The van der Waals surface area contributed by atoms with Gasteiger partial charge < -0.3 is 0 Å². The number of hydrogen-bond acceptors (Lipinski definition) is 1. The van der Waals surface area contributed by atoms with Crippen molar-refractivity contribution < 1.29 is 13.2 Å². The van der Waals surface area contributed by atoms with E-state index >= 15 is 0 Å². The van der Waals surface area contributed by atoms with Crippen LogP contribution in [0.4, 0.5) is 24.5 Å². The predicted octanol–water partition coefficient (Wildman–Crippen LogP) is 4.96. The predicted molar refractivity (Wildman–Crippen MR) is 70.6 cm³/mol. The van der Waals surface area contributed by atoms with Gasteiger partial charge in [0.05, 0.1) is 5.69 Å². The molecule has 0 heterocycles. The van der Waals surface area contributed by atoms with Crippen LogP contribution in [0.1, 0.15) is 11.1 Å². The Morgan fingerprint density at radius 2 is 1.53 bits per heavy atom. The van der Waals surface area contributed by atoms with Gasteiger partial charge in [-0.3, -0.25) is 4.90 Å². The van der Waals surface area contributed by atoms with Gasteiger partial charge in [-0.05, 0) is 37.6 Å². The van der Waals surface area contributed by atoms with Crippen molar-refractivity contribution in [2.45, 2.75) is 20.1 Å². The summed E-state index contributed by atoms with van der Waals surface area (Å²) >= 11 is 0. The highest BCUT2D eigenvalue weighted by atomic mass is 19.4. The maximum atomic E-state index is 13.3. The highest BCUT2D eigenvalue weighted by Gasteiger charge is 2.39. The standard InChI is InChI=1S/C15H14F3N/c1-11-8-9-14(12(2)10-11)19(15(16,17)18)13-6-4-3-5-7-13/h3-10H,1-2H3. The van der Waals surface area contributed by atoms with Gasteiger partial charge in [0.2, 0.25) is 0 Å². The van der Waals surface area contributed by atoms with Crippen LogP contribution in [-0.2, 0) is 0 Å². The Balaban J connectivity index is 2.56. The maximum absolute atomic E-state index is 13.3. The van der Waals surface area contributed by atoms with Gasteiger partial charge in [-0.2, -0.15) is 0 Å². The second-order valence-electron chi connectivity index (χ2n) is 4.43. The first-order valence-corrected chi connectivity index (χ1v) is 5.89. The second kappa shape index (κ2) is 4.96. The number of halogens is 3. The molecule has 0 radical (unpaired) electrons. The van der Waals surface area contributed by atoms with Crippen LogP contribution in [0.15, 0.2) is 48.5 Å². The summed E-state index contributed by atoms with van der Waals surface area (Å²) in [5.41, 5.74) is 1.81. The highest BCUT2D eigenvalue weighted by Crippen LogP contribution is 2.38. The average molecular weight is 265 g/mol. The van der Waals surface area contributed by atoms with Crippen LogP contribution in [0, 0.1) is 13.8 Å². The quantitative estimate of drug-likeness (QED) is 0.693. The second-order valence-corrected chi connectivity index (χ2v) is 4.43. The van der Waals surface area contributed by atoms with Crippen molar-refractivity contribution in [2.75, 3.05) is 4.90 Å². The van der Waals surface area contributed by atoms with E-state index in [0.717, 1.165) is 5.56 Å². The molecule has 4 heteroatoms. The minimum atomic E-state index is -4.46. The first-order valence-electron chi connectivity index (χ1n) is 5.89. The van der Waals surface area contributed by atoms with E-state index in [9.17, 15) is 13.2 Å². The monoisotopic (exact) mass is 265 g/mol. The van der Waals surface area contributed by atoms with E-state index < -0.39 is 6.30 Å². The Morgan fingerprint density at radius 1 is 0.895 bits per heavy atom. The Morgan fingerprint density at radius 3 is 2.05 bits per heavy atom. The maximum Gasteiger partial charge on any atom is 0.489 e. The first-order chi connectivity index (χ1) is 8.89. The molecule has 0 aliphatic carbocycles. The average Bonchev–Trinajstić information content (AvgIpc) is 2.32. The highest BCUT2D eigenvalue weighted by molar-refractivity contribution is 5.67. The van der Waals surface area contributed by atoms with E-state index in [1.54, 1.807) is 37.3 Å². The zero-order valence-corrected chi connectivity index (χ0v) is 10.7. The van der Waals surface area contributed by atoms with Crippen molar-refractivity contribution in [1.29, 1.82) is 0 Å². The molecule has 2 rings (SSSR count). The van der Waals surface area contributed by atoms with Gasteiger partial charge in [0, 0.05) is 5.69 Å². The Bertz CT molecular complexity index is 561. The third-order valence-corrected chi connectivity index (χ3v) is 2.86. The van der Waals surface area contributed by atoms with Crippen LogP contribution in [0.3, 0.4) is 0 Å². The van der Waals surface area contributed by atoms with Crippen LogP contribution < -0.4 is 4.90 Å². The van der Waals surface area contributed by atoms with E-state index in [0.29, 0.717) is 10.5 Å². The molecule has 1 nitrogen and oxygen atoms in total. The lowest BCUT2D eigenvalue weighted by molar-refractivity contribution is -0.120. The molecular weight excluding hydrogens is 251 g/mol. The number of rotatable bonds is 2. The fourth-order valence-electron chi connectivity index (χ4n) is 2.06. The normalized spacial score (nSPS) is 11.4. The van der Waals surface area contributed by atoms with Crippen LogP contribution in [0.25, 0.3) is 0 Å². The molecule has 0 bridgehead atoms. The number of benzene rings is 2. The zero-order chi connectivity index (χ0) is 14.0. The lowest BCUT2D eigenvalue weighted by Gasteiger charge is -2.28. The third-order valence-electron chi connectivity index (χ3n) is 2.86. The molecule has 0 unspecified atom stereocenters. The van der Waals surface area contributed by atoms with Gasteiger partial charge in [0.1, 0.15) is 0 Å². The summed E-state index contributed by atoms with van der Waals surface area (Å²) in [6.45, 7) is 3.54. The largest absolute Gasteiger partial charge is 0.489 e. The smallest absolute Gasteiger partial charge is 0.253 e. The molecule has 0 atom stereocenters. The Labute approximate surface area is 110 Å². The van der Waals surface area contributed by atoms with Crippen LogP contribution in [0.5, 0.6) is 0 Å². The summed E-state index contributed by atoms with van der Waals surface area (Å²) in [6.07, 6.45) is -4.46. The number of alkyl halides is 3. The molecule has 19 heavy (non-hydrogen) atoms. The lowest BCUT2D eigenvalue weighted by atomic mass is 10.1. The van der Waals surface area contributed by atoms with E-state index in [4.69, 9.17) is 0 Å². The molecule has 0 saturated carbocycles. The van der Waals surface area contributed by atoms with Crippen molar-refractivity contribution in [1.82, 2.24) is 0 Å². The summed E-state index contributed by atoms with van der Waals surface area (Å²) in [5.74, 6) is 0. The number of anilines is 2. The van der Waals surface area contributed by atoms with E-state index in [1.807, 2.05) is 6.92 Å². The Kier molecular flexibility index (Phi) is 3.51. The zero-order valence-electron chi connectivity index (χ0n) is 10.7. The van der Waals surface area contributed by atoms with Gasteiger partial charge >= 0.3 is 6.30 Å². The van der Waals surface area contributed by atoms with Gasteiger partial charge in [-0.1, -0.05) is 35.9 Å². The van der Waals surface area contributed by atoms with Crippen molar-refractivity contribution in [3.05, 3.63) is 59.7 Å². The molecule has 0 aliphatic rings. The molecule has 0 amide bonds. The topological polar surface area (TPSA) is 3.24 Å². The fourth-order valence-corrected chi connectivity index (χ4v) is 2.06. The molecule has 0 fully saturated rings. The van der Waals surface area contributed by atoms with Crippen LogP contribution >= 0.6 is 0 Å². The summed E-state index contributed by atoms with van der Waals surface area (Å²) in [7, 11) is 0. The summed E-state index contributed by atoms with van der Waals surface area (Å²) in [6, 6.07) is 12.7. The van der Waals surface area contributed by atoms with Crippen molar-refractivity contribution in [3.8, 4) is 0 Å². The lowest BCUT2D eigenvalue weighted by Crippen LogP contribution is -2.34. The number of para-hydroxylation sites is 1. The van der Waals surface area contributed by atoms with Crippen molar-refractivity contribution in [2.24, 2.45) is 0 Å². The SMILES string of the molecule is Cc1ccc(N(c2ccccc2)C(F)(F)F)c(C)c1. The van der Waals surface area contributed by atoms with Crippen LogP contribution in [0.2, 0.25) is 0 Å². The van der Waals surface area contributed by atoms with Crippen LogP contribution in [-0.4, -0.2) is 6.30 Å². The molecule has 2 aromatic carbocycles. The summed E-state index contributed by atoms with van der Waals surface area (Å²) < 4.78 is 39.9. The van der Waals surface area contributed by atoms with Gasteiger partial charge in [0.25, 0.3) is 0 Å². The minimum Gasteiger partial charge on any atom is -0.253 e. The number of hydrogen-bond donors (Lipinski definition) is 0. The molecule has 2 aromatic rings. The number of aryl methyl sites for hydroxylation is 2. The van der Waals surface area contributed by atoms with Gasteiger partial charge in [-0.25, -0.2) is 0 Å². The molecule has 0 aliphatic heterocycles. The summed E-state index contributed by atoms with van der Waals surface area (Å²) in [5, 5.41) is 0. The molecule has 0 spiro atoms. The summed E-state index contributed by atoms with van der Waals surface area (Å²) in [4.78, 5) is 0.405. The van der Waals surface area contributed by atoms with E-state index in [2.05, 4.69) is 0 Å². The molecule has 0 N–H and O–H groups in total. The Hall–Kier alpha value is -1.97. The van der Waals surface area contributed by atoms with Crippen molar-refractivity contribution >= 4 is 11.4 Å². The van der Waals surface area contributed by atoms with E-state index in [1.165, 1.54) is 18.2 Å². The minimum absolute atomic E-state index is 0.113. The fraction of sp³-hybridized carbons (Fsp3) is 0.200. The van der Waals surface area contributed by atoms with Gasteiger partial charge in [0.15, 0.2) is 0 Å². The molecule has 0 saturated heterocycles. The van der Waals surface area contributed by atoms with E-state index in [-0.39, 0.29) is 11.4 Å². The molecule has 100 valence electrons.